The van der Waals surface area contributed by atoms with E-state index in [9.17, 15) is 0 Å². The average Bonchev–Trinajstić information content (AvgIpc) is 2.90. The molecule has 3 aromatic rings. The zero-order chi connectivity index (χ0) is 23.4. The van der Waals surface area contributed by atoms with Crippen LogP contribution in [0.3, 0.4) is 0 Å². The Morgan fingerprint density at radius 3 is 2.71 bits per heavy atom. The van der Waals surface area contributed by atoms with Crippen LogP contribution in [0.15, 0.2) is 72.1 Å². The standard InChI is InChI=1S/C25H29N7O2/c1-26-19-23(20-7-3-2-4-8-20)31-28-18-22-17-24(32-12-15-33-16-13-32)30-25(29-22)34-14-10-21-9-5-6-11-27-21/h2-9,11,17-19,26,31H,10,12-16H2,1H3/b23-19+,28-18+. The molecule has 4 rings (SSSR count). The Bertz CT molecular complexity index is 1080. The number of nitrogens with one attached hydrogen (secondary N) is 2. The van der Waals surface area contributed by atoms with Crippen LogP contribution in [0.2, 0.25) is 0 Å². The molecule has 1 aliphatic rings. The van der Waals surface area contributed by atoms with Crippen LogP contribution in [0.1, 0.15) is 17.0 Å². The number of ether oxygens (including phenoxy) is 2. The first-order valence-corrected chi connectivity index (χ1v) is 11.3. The summed E-state index contributed by atoms with van der Waals surface area (Å²) in [5.74, 6) is 0.793. The monoisotopic (exact) mass is 459 g/mol. The van der Waals surface area contributed by atoms with Crippen molar-refractivity contribution in [3.63, 3.8) is 0 Å². The third-order valence-corrected chi connectivity index (χ3v) is 5.12. The highest BCUT2D eigenvalue weighted by molar-refractivity contribution is 5.79. The molecule has 0 bridgehead atoms. The first kappa shape index (κ1) is 23.2. The van der Waals surface area contributed by atoms with Crippen molar-refractivity contribution >= 4 is 17.7 Å². The zero-order valence-corrected chi connectivity index (χ0v) is 19.2. The molecule has 34 heavy (non-hydrogen) atoms. The summed E-state index contributed by atoms with van der Waals surface area (Å²) in [6, 6.07) is 18.0. The van der Waals surface area contributed by atoms with E-state index in [0.29, 0.717) is 37.9 Å². The minimum absolute atomic E-state index is 0.315. The Hall–Kier alpha value is -3.98. The lowest BCUT2D eigenvalue weighted by molar-refractivity contribution is 0.122. The van der Waals surface area contributed by atoms with Crippen molar-refractivity contribution in [2.24, 2.45) is 5.10 Å². The second-order valence-corrected chi connectivity index (χ2v) is 7.54. The summed E-state index contributed by atoms with van der Waals surface area (Å²) >= 11 is 0. The number of hydrogen-bond acceptors (Lipinski definition) is 9. The number of pyridine rings is 1. The number of hydrazone groups is 1. The number of nitrogens with zero attached hydrogens (tertiary/aromatic N) is 5. The van der Waals surface area contributed by atoms with Crippen LogP contribution in [0.25, 0.3) is 5.70 Å². The van der Waals surface area contributed by atoms with E-state index >= 15 is 0 Å². The van der Waals surface area contributed by atoms with Crippen LogP contribution in [0.4, 0.5) is 5.82 Å². The minimum Gasteiger partial charge on any atom is -0.463 e. The van der Waals surface area contributed by atoms with E-state index in [-0.39, 0.29) is 0 Å². The van der Waals surface area contributed by atoms with Gasteiger partial charge in [-0.25, -0.2) is 0 Å². The maximum absolute atomic E-state index is 5.89. The van der Waals surface area contributed by atoms with Gasteiger partial charge in [-0.15, -0.1) is 0 Å². The molecule has 1 aromatic carbocycles. The molecule has 9 nitrogen and oxygen atoms in total. The molecule has 176 valence electrons. The van der Waals surface area contributed by atoms with Gasteiger partial charge in [-0.05, 0) is 12.1 Å². The molecule has 9 heteroatoms. The summed E-state index contributed by atoms with van der Waals surface area (Å²) in [5.41, 5.74) is 6.56. The molecule has 1 saturated heterocycles. The highest BCUT2D eigenvalue weighted by Crippen LogP contribution is 2.17. The highest BCUT2D eigenvalue weighted by Gasteiger charge is 2.15. The first-order valence-electron chi connectivity index (χ1n) is 11.3. The number of rotatable bonds is 10. The van der Waals surface area contributed by atoms with E-state index in [0.717, 1.165) is 35.9 Å². The maximum atomic E-state index is 5.89. The van der Waals surface area contributed by atoms with Gasteiger partial charge < -0.3 is 19.7 Å². The van der Waals surface area contributed by atoms with E-state index in [1.54, 1.807) is 12.4 Å². The fraction of sp³-hybridized carbons (Fsp3) is 0.280. The molecule has 0 unspecified atom stereocenters. The van der Waals surface area contributed by atoms with Crippen LogP contribution in [0.5, 0.6) is 6.01 Å². The fourth-order valence-electron chi connectivity index (χ4n) is 3.42. The van der Waals surface area contributed by atoms with Crippen LogP contribution in [-0.2, 0) is 11.2 Å². The van der Waals surface area contributed by atoms with Crippen molar-refractivity contribution in [1.82, 2.24) is 25.7 Å². The fourth-order valence-corrected chi connectivity index (χ4v) is 3.42. The summed E-state index contributed by atoms with van der Waals surface area (Å²) in [6.45, 7) is 3.30. The van der Waals surface area contributed by atoms with Crippen LogP contribution >= 0.6 is 0 Å². The number of morpholine rings is 1. The van der Waals surface area contributed by atoms with Gasteiger partial charge in [0.1, 0.15) is 5.82 Å². The summed E-state index contributed by atoms with van der Waals surface area (Å²) < 4.78 is 11.4. The molecule has 0 aliphatic carbocycles. The van der Waals surface area contributed by atoms with Crippen molar-refractivity contribution in [2.45, 2.75) is 6.42 Å². The molecule has 0 saturated carbocycles. The predicted molar refractivity (Wildman–Crippen MR) is 133 cm³/mol. The molecule has 0 spiro atoms. The number of anilines is 1. The van der Waals surface area contributed by atoms with Crippen molar-refractivity contribution < 1.29 is 9.47 Å². The Morgan fingerprint density at radius 1 is 1.12 bits per heavy atom. The van der Waals surface area contributed by atoms with Gasteiger partial charge in [-0.3, -0.25) is 10.4 Å². The van der Waals surface area contributed by atoms with Crippen LogP contribution < -0.4 is 20.4 Å². The van der Waals surface area contributed by atoms with Crippen molar-refractivity contribution in [1.29, 1.82) is 0 Å². The SMILES string of the molecule is CN/C=C(/N/N=C/c1cc(N2CCOCC2)nc(OCCc2ccccn2)n1)c1ccccc1. The lowest BCUT2D eigenvalue weighted by Gasteiger charge is -2.28. The van der Waals surface area contributed by atoms with Gasteiger partial charge in [-0.1, -0.05) is 36.4 Å². The smallest absolute Gasteiger partial charge is 0.318 e. The third-order valence-electron chi connectivity index (χ3n) is 5.12. The molecule has 1 aliphatic heterocycles. The lowest BCUT2D eigenvalue weighted by atomic mass is 10.2. The second kappa shape index (κ2) is 12.3. The molecule has 0 amide bonds. The molecule has 0 atom stereocenters. The Labute approximate surface area is 199 Å². The van der Waals surface area contributed by atoms with Gasteiger partial charge in [0.15, 0.2) is 0 Å². The summed E-state index contributed by atoms with van der Waals surface area (Å²) in [4.78, 5) is 15.7. The Balaban J connectivity index is 1.49. The topological polar surface area (TPSA) is 96.8 Å². The normalized spacial score (nSPS) is 14.3. The highest BCUT2D eigenvalue weighted by atomic mass is 16.5. The van der Waals surface area contributed by atoms with Gasteiger partial charge in [0.25, 0.3) is 0 Å². The molecule has 3 heterocycles. The Morgan fingerprint density at radius 2 is 1.94 bits per heavy atom. The zero-order valence-electron chi connectivity index (χ0n) is 19.2. The van der Waals surface area contributed by atoms with Gasteiger partial charge >= 0.3 is 6.01 Å². The van der Waals surface area contributed by atoms with Crippen molar-refractivity contribution in [3.05, 3.63) is 83.9 Å². The van der Waals surface area contributed by atoms with Gasteiger partial charge in [0.05, 0.1) is 37.4 Å². The summed E-state index contributed by atoms with van der Waals surface area (Å²) in [6.07, 6.45) is 5.98. The van der Waals surface area contributed by atoms with E-state index in [4.69, 9.17) is 9.47 Å². The van der Waals surface area contributed by atoms with E-state index < -0.39 is 0 Å². The lowest BCUT2D eigenvalue weighted by Crippen LogP contribution is -2.37. The van der Waals surface area contributed by atoms with Crippen molar-refractivity contribution in [3.8, 4) is 6.01 Å². The Kier molecular flexibility index (Phi) is 8.40. The predicted octanol–water partition coefficient (Wildman–Crippen LogP) is 2.47. The van der Waals surface area contributed by atoms with Gasteiger partial charge in [0.2, 0.25) is 0 Å². The van der Waals surface area contributed by atoms with Crippen LogP contribution in [-0.4, -0.2) is 61.1 Å². The summed E-state index contributed by atoms with van der Waals surface area (Å²) in [7, 11) is 1.85. The molecule has 1 fully saturated rings. The van der Waals surface area contributed by atoms with E-state index in [1.807, 2.05) is 67.8 Å². The van der Waals surface area contributed by atoms with Crippen molar-refractivity contribution in [2.75, 3.05) is 44.9 Å². The molecular formula is C25H29N7O2. The van der Waals surface area contributed by atoms with Crippen LogP contribution in [0, 0.1) is 0 Å². The maximum Gasteiger partial charge on any atom is 0.318 e. The molecular weight excluding hydrogens is 430 g/mol. The number of aromatic nitrogens is 3. The minimum atomic E-state index is 0.315. The molecule has 2 N–H and O–H groups in total. The third kappa shape index (κ3) is 6.76. The second-order valence-electron chi connectivity index (χ2n) is 7.54. The quantitative estimate of drug-likeness (QED) is 0.353. The number of benzene rings is 1. The van der Waals surface area contributed by atoms with E-state index in [2.05, 4.69) is 35.7 Å². The molecule has 0 radical (unpaired) electrons. The first-order chi connectivity index (χ1) is 16.8. The largest absolute Gasteiger partial charge is 0.463 e. The van der Waals surface area contributed by atoms with Gasteiger partial charge in [-0.2, -0.15) is 15.1 Å². The summed E-state index contributed by atoms with van der Waals surface area (Å²) in [5, 5.41) is 7.46. The van der Waals surface area contributed by atoms with E-state index in [1.165, 1.54) is 0 Å². The molecule has 2 aromatic heterocycles. The number of hydrogen-bond donors (Lipinski definition) is 2. The van der Waals surface area contributed by atoms with Gasteiger partial charge in [0, 0.05) is 56.3 Å². The average molecular weight is 460 g/mol.